The Morgan fingerprint density at radius 3 is 1.65 bits per heavy atom. The lowest BCUT2D eigenvalue weighted by molar-refractivity contribution is -1.03. The van der Waals surface area contributed by atoms with Crippen molar-refractivity contribution in [2.45, 2.75) is 63.5 Å². The number of piperidine rings is 1. The van der Waals surface area contributed by atoms with E-state index < -0.39 is 0 Å². The summed E-state index contributed by atoms with van der Waals surface area (Å²) >= 11 is 0. The van der Waals surface area contributed by atoms with Crippen molar-refractivity contribution in [3.8, 4) is 0 Å². The summed E-state index contributed by atoms with van der Waals surface area (Å²) in [4.78, 5) is 5.66. The van der Waals surface area contributed by atoms with Crippen molar-refractivity contribution >= 4 is 0 Å². The zero-order valence-electron chi connectivity index (χ0n) is 13.6. The molecule has 20 heavy (non-hydrogen) atoms. The number of nitrogens with one attached hydrogen (secondary N) is 3. The number of hydrogen-bond donors (Lipinski definition) is 3. The van der Waals surface area contributed by atoms with Gasteiger partial charge in [0, 0.05) is 12.8 Å². The summed E-state index contributed by atoms with van der Waals surface area (Å²) in [6, 6.07) is 2.02. The lowest BCUT2D eigenvalue weighted by atomic mass is 9.98. The molecule has 0 atom stereocenters. The first-order valence-electron chi connectivity index (χ1n) is 9.33. The normalized spacial score (nSPS) is 41.2. The van der Waals surface area contributed by atoms with Crippen molar-refractivity contribution < 1.29 is 14.7 Å². The Labute approximate surface area is 125 Å². The Kier molecular flexibility index (Phi) is 5.36. The molecule has 0 aromatic rings. The molecule has 2 aliphatic heterocycles. The van der Waals surface area contributed by atoms with E-state index in [-0.39, 0.29) is 0 Å². The second kappa shape index (κ2) is 7.24. The van der Waals surface area contributed by atoms with E-state index in [0.29, 0.717) is 0 Å². The van der Waals surface area contributed by atoms with Crippen LogP contribution in [0.4, 0.5) is 0 Å². The van der Waals surface area contributed by atoms with Crippen molar-refractivity contribution in [1.82, 2.24) is 0 Å². The van der Waals surface area contributed by atoms with E-state index in [1.54, 1.807) is 4.90 Å². The number of likely N-dealkylation sites (N-methyl/N-ethyl adjacent to an activating group) is 1. The molecule has 2 heterocycles. The smallest absolute Gasteiger partial charge is 0.127 e. The molecule has 3 nitrogen and oxygen atoms in total. The molecule has 0 amide bonds. The SMILES string of the molecule is C[NH+]1CC[NH+](C2CC[NH+](C3CCCCCC3)CC2)CC1. The molecule has 2 saturated heterocycles. The lowest BCUT2D eigenvalue weighted by Crippen LogP contribution is -3.30. The van der Waals surface area contributed by atoms with Crippen molar-refractivity contribution in [3.63, 3.8) is 0 Å². The highest BCUT2D eigenvalue weighted by Crippen LogP contribution is 2.16. The third-order valence-corrected chi connectivity index (χ3v) is 6.38. The minimum absolute atomic E-state index is 0.998. The zero-order chi connectivity index (χ0) is 13.8. The zero-order valence-corrected chi connectivity index (χ0v) is 13.6. The van der Waals surface area contributed by atoms with Crippen molar-refractivity contribution in [1.29, 1.82) is 0 Å². The van der Waals surface area contributed by atoms with Crippen molar-refractivity contribution in [2.75, 3.05) is 46.3 Å². The van der Waals surface area contributed by atoms with Crippen LogP contribution in [0.5, 0.6) is 0 Å². The molecule has 0 spiro atoms. The van der Waals surface area contributed by atoms with Gasteiger partial charge in [-0.3, -0.25) is 0 Å². The molecule has 1 saturated carbocycles. The van der Waals surface area contributed by atoms with E-state index in [9.17, 15) is 0 Å². The van der Waals surface area contributed by atoms with Gasteiger partial charge in [0.1, 0.15) is 26.2 Å². The summed E-state index contributed by atoms with van der Waals surface area (Å²) < 4.78 is 0. The second-order valence-electron chi connectivity index (χ2n) is 7.74. The maximum Gasteiger partial charge on any atom is 0.127 e. The maximum absolute atomic E-state index is 2.36. The van der Waals surface area contributed by atoms with Crippen LogP contribution in [-0.4, -0.2) is 58.4 Å². The van der Waals surface area contributed by atoms with E-state index in [2.05, 4.69) is 7.05 Å². The van der Waals surface area contributed by atoms with Gasteiger partial charge >= 0.3 is 0 Å². The summed E-state index contributed by atoms with van der Waals surface area (Å²) in [5, 5.41) is 0. The van der Waals surface area contributed by atoms with Gasteiger partial charge in [0.15, 0.2) is 0 Å². The predicted molar refractivity (Wildman–Crippen MR) is 82.5 cm³/mol. The van der Waals surface area contributed by atoms with Gasteiger partial charge in [-0.15, -0.1) is 0 Å². The summed E-state index contributed by atoms with van der Waals surface area (Å²) in [7, 11) is 2.36. The van der Waals surface area contributed by atoms with E-state index in [1.165, 1.54) is 90.6 Å². The standard InChI is InChI=1S/C17H33N3/c1-18-12-14-20(15-13-18)17-8-10-19(11-9-17)16-6-4-2-3-5-7-16/h16-17H,2-15H2,1H3/p+3. The Morgan fingerprint density at radius 2 is 1.05 bits per heavy atom. The molecule has 1 aliphatic carbocycles. The third-order valence-electron chi connectivity index (χ3n) is 6.38. The molecule has 0 bridgehead atoms. The van der Waals surface area contributed by atoms with Gasteiger partial charge in [0.25, 0.3) is 0 Å². The van der Waals surface area contributed by atoms with Gasteiger partial charge in [-0.05, 0) is 25.7 Å². The van der Waals surface area contributed by atoms with Crippen LogP contribution in [-0.2, 0) is 0 Å². The number of piperazine rings is 1. The van der Waals surface area contributed by atoms with E-state index in [0.717, 1.165) is 12.1 Å². The Balaban J connectivity index is 1.44. The van der Waals surface area contributed by atoms with E-state index in [1.807, 2.05) is 9.80 Å². The number of hydrogen-bond acceptors (Lipinski definition) is 0. The topological polar surface area (TPSA) is 13.3 Å². The first-order valence-corrected chi connectivity index (χ1v) is 9.33. The van der Waals surface area contributed by atoms with Gasteiger partial charge in [-0.1, -0.05) is 12.8 Å². The largest absolute Gasteiger partial charge is 0.332 e. The summed E-state index contributed by atoms with van der Waals surface area (Å²) in [6.07, 6.45) is 12.0. The molecular weight excluding hydrogens is 246 g/mol. The van der Waals surface area contributed by atoms with Crippen LogP contribution < -0.4 is 14.7 Å². The fraction of sp³-hybridized carbons (Fsp3) is 1.00. The van der Waals surface area contributed by atoms with Crippen LogP contribution in [0.15, 0.2) is 0 Å². The van der Waals surface area contributed by atoms with Crippen LogP contribution in [0.2, 0.25) is 0 Å². The van der Waals surface area contributed by atoms with Crippen molar-refractivity contribution in [2.24, 2.45) is 0 Å². The fourth-order valence-electron chi connectivity index (χ4n) is 4.90. The van der Waals surface area contributed by atoms with Gasteiger partial charge < -0.3 is 14.7 Å². The lowest BCUT2D eigenvalue weighted by Gasteiger charge is -2.39. The highest BCUT2D eigenvalue weighted by Gasteiger charge is 2.35. The first kappa shape index (κ1) is 14.8. The molecule has 0 radical (unpaired) electrons. The average molecular weight is 282 g/mol. The molecule has 3 rings (SSSR count). The highest BCUT2D eigenvalue weighted by atomic mass is 15.3. The summed E-state index contributed by atoms with van der Waals surface area (Å²) in [5.74, 6) is 0. The van der Waals surface area contributed by atoms with Crippen LogP contribution in [0.3, 0.4) is 0 Å². The van der Waals surface area contributed by atoms with Gasteiger partial charge in [0.2, 0.25) is 0 Å². The molecule has 0 aromatic carbocycles. The molecular formula is C17H36N3+3. The third kappa shape index (κ3) is 3.75. The maximum atomic E-state index is 2.36. The van der Waals surface area contributed by atoms with Crippen molar-refractivity contribution in [3.05, 3.63) is 0 Å². The number of rotatable bonds is 2. The first-order chi connectivity index (χ1) is 9.83. The molecule has 3 N–H and O–H groups in total. The molecule has 3 fully saturated rings. The second-order valence-corrected chi connectivity index (χ2v) is 7.74. The Morgan fingerprint density at radius 1 is 0.550 bits per heavy atom. The number of likely N-dealkylation sites (tertiary alicyclic amines) is 1. The average Bonchev–Trinajstić information content (AvgIpc) is 2.77. The van der Waals surface area contributed by atoms with Gasteiger partial charge in [-0.25, -0.2) is 0 Å². The summed E-state index contributed by atoms with van der Waals surface area (Å²) in [5.41, 5.74) is 0. The fourth-order valence-corrected chi connectivity index (χ4v) is 4.90. The highest BCUT2D eigenvalue weighted by molar-refractivity contribution is 4.67. The minimum atomic E-state index is 0.998. The molecule has 116 valence electrons. The Hall–Kier alpha value is -0.120. The van der Waals surface area contributed by atoms with Crippen LogP contribution in [0, 0.1) is 0 Å². The Bertz CT molecular complexity index is 270. The quantitative estimate of drug-likeness (QED) is 0.493. The monoisotopic (exact) mass is 282 g/mol. The van der Waals surface area contributed by atoms with Crippen LogP contribution in [0.1, 0.15) is 51.4 Å². The molecule has 3 heteroatoms. The van der Waals surface area contributed by atoms with Crippen LogP contribution in [0.25, 0.3) is 0 Å². The summed E-state index contributed by atoms with van der Waals surface area (Å²) in [6.45, 7) is 8.59. The van der Waals surface area contributed by atoms with E-state index in [4.69, 9.17) is 0 Å². The van der Waals surface area contributed by atoms with Crippen LogP contribution >= 0.6 is 0 Å². The predicted octanol–water partition coefficient (Wildman–Crippen LogP) is -1.83. The number of quaternary nitrogens is 3. The minimum Gasteiger partial charge on any atom is -0.332 e. The van der Waals surface area contributed by atoms with Gasteiger partial charge in [-0.2, -0.15) is 0 Å². The van der Waals surface area contributed by atoms with Gasteiger partial charge in [0.05, 0.1) is 32.2 Å². The van der Waals surface area contributed by atoms with E-state index >= 15 is 0 Å². The molecule has 0 aromatic heterocycles. The molecule has 0 unspecified atom stereocenters. The molecule has 3 aliphatic rings.